The summed E-state index contributed by atoms with van der Waals surface area (Å²) in [6, 6.07) is 13.1. The van der Waals surface area contributed by atoms with E-state index < -0.39 is 5.91 Å². The maximum Gasteiger partial charge on any atom is 0.266 e. The van der Waals surface area contributed by atoms with Crippen molar-refractivity contribution in [1.29, 1.82) is 5.26 Å². The molecule has 2 aromatic rings. The average Bonchev–Trinajstić information content (AvgIpc) is 2.84. The van der Waals surface area contributed by atoms with Crippen LogP contribution in [0.4, 0.5) is 5.69 Å². The highest BCUT2D eigenvalue weighted by atomic mass is 16.1. The number of nitriles is 1. The first-order valence-corrected chi connectivity index (χ1v) is 6.22. The summed E-state index contributed by atoms with van der Waals surface area (Å²) in [7, 11) is 1.86. The first-order valence-electron chi connectivity index (χ1n) is 6.22. The van der Waals surface area contributed by atoms with E-state index in [0.29, 0.717) is 5.69 Å². The third-order valence-electron chi connectivity index (χ3n) is 3.03. The SMILES string of the molecule is Cc1ccccc1NC(=O)/C(C#N)=C\c1cccn1C. The Morgan fingerprint density at radius 3 is 2.65 bits per heavy atom. The number of carbonyl (C=O) groups is 1. The Morgan fingerprint density at radius 2 is 2.05 bits per heavy atom. The van der Waals surface area contributed by atoms with Gasteiger partial charge in [-0.2, -0.15) is 5.26 Å². The zero-order valence-corrected chi connectivity index (χ0v) is 11.4. The molecule has 0 aliphatic heterocycles. The molecule has 4 nitrogen and oxygen atoms in total. The molecule has 0 unspecified atom stereocenters. The summed E-state index contributed by atoms with van der Waals surface area (Å²) in [5.74, 6) is -0.400. The lowest BCUT2D eigenvalue weighted by Gasteiger charge is -2.07. The van der Waals surface area contributed by atoms with Crippen LogP contribution in [0, 0.1) is 18.3 Å². The normalized spacial score (nSPS) is 10.9. The van der Waals surface area contributed by atoms with Gasteiger partial charge in [0.2, 0.25) is 0 Å². The molecular formula is C16H15N3O. The Morgan fingerprint density at radius 1 is 1.30 bits per heavy atom. The molecule has 0 aliphatic carbocycles. The van der Waals surface area contributed by atoms with Gasteiger partial charge >= 0.3 is 0 Å². The summed E-state index contributed by atoms with van der Waals surface area (Å²) in [5.41, 5.74) is 2.55. The molecule has 0 atom stereocenters. The van der Waals surface area contributed by atoms with Crippen molar-refractivity contribution in [1.82, 2.24) is 4.57 Å². The van der Waals surface area contributed by atoms with Crippen LogP contribution < -0.4 is 5.32 Å². The van der Waals surface area contributed by atoms with Gasteiger partial charge in [0.1, 0.15) is 11.6 Å². The Bertz CT molecular complexity index is 705. The Kier molecular flexibility index (Phi) is 4.02. The fourth-order valence-electron chi connectivity index (χ4n) is 1.82. The van der Waals surface area contributed by atoms with Gasteiger partial charge in [-0.15, -0.1) is 0 Å². The van der Waals surface area contributed by atoms with Crippen LogP contribution in [0.2, 0.25) is 0 Å². The molecule has 1 heterocycles. The van der Waals surface area contributed by atoms with Crippen molar-refractivity contribution in [3.05, 3.63) is 59.4 Å². The molecule has 0 fully saturated rings. The summed E-state index contributed by atoms with van der Waals surface area (Å²) in [5, 5.41) is 11.9. The largest absolute Gasteiger partial charge is 0.351 e. The van der Waals surface area contributed by atoms with Crippen LogP contribution in [-0.4, -0.2) is 10.5 Å². The first kappa shape index (κ1) is 13.6. The van der Waals surface area contributed by atoms with E-state index in [4.69, 9.17) is 5.26 Å². The van der Waals surface area contributed by atoms with Crippen molar-refractivity contribution in [3.8, 4) is 6.07 Å². The molecule has 20 heavy (non-hydrogen) atoms. The van der Waals surface area contributed by atoms with E-state index in [1.165, 1.54) is 0 Å². The number of amides is 1. The number of aryl methyl sites for hydroxylation is 2. The smallest absolute Gasteiger partial charge is 0.266 e. The number of benzene rings is 1. The number of rotatable bonds is 3. The molecule has 0 aliphatic rings. The number of hydrogen-bond acceptors (Lipinski definition) is 2. The summed E-state index contributed by atoms with van der Waals surface area (Å²) < 4.78 is 1.85. The second-order valence-corrected chi connectivity index (χ2v) is 4.48. The van der Waals surface area contributed by atoms with Crippen LogP contribution >= 0.6 is 0 Å². The fraction of sp³-hybridized carbons (Fsp3) is 0.125. The number of hydrogen-bond donors (Lipinski definition) is 1. The van der Waals surface area contributed by atoms with Gasteiger partial charge in [-0.05, 0) is 36.8 Å². The number of nitrogens with zero attached hydrogens (tertiary/aromatic N) is 2. The van der Waals surface area contributed by atoms with Gasteiger partial charge in [-0.25, -0.2) is 0 Å². The van der Waals surface area contributed by atoms with Crippen LogP contribution in [0.5, 0.6) is 0 Å². The molecule has 0 saturated heterocycles. The highest BCUT2D eigenvalue weighted by Gasteiger charge is 2.11. The number of anilines is 1. The summed E-state index contributed by atoms with van der Waals surface area (Å²) >= 11 is 0. The van der Waals surface area contributed by atoms with E-state index in [9.17, 15) is 4.79 Å². The standard InChI is InChI=1S/C16H15N3O/c1-12-6-3-4-8-15(12)18-16(20)13(11-17)10-14-7-5-9-19(14)2/h3-10H,1-2H3,(H,18,20)/b13-10-. The van der Waals surface area contributed by atoms with Gasteiger partial charge in [0.25, 0.3) is 5.91 Å². The summed E-state index contributed by atoms with van der Waals surface area (Å²) in [4.78, 5) is 12.1. The van der Waals surface area contributed by atoms with Crippen LogP contribution in [0.25, 0.3) is 6.08 Å². The van der Waals surface area contributed by atoms with E-state index in [0.717, 1.165) is 11.3 Å². The Labute approximate surface area is 118 Å². The average molecular weight is 265 g/mol. The zero-order valence-electron chi connectivity index (χ0n) is 11.4. The molecule has 1 N–H and O–H groups in total. The monoisotopic (exact) mass is 265 g/mol. The maximum atomic E-state index is 12.1. The molecule has 1 amide bonds. The number of para-hydroxylation sites is 1. The van der Waals surface area contributed by atoms with Crippen molar-refractivity contribution in [2.45, 2.75) is 6.92 Å². The Balaban J connectivity index is 2.23. The quantitative estimate of drug-likeness (QED) is 0.685. The minimum absolute atomic E-state index is 0.0788. The van der Waals surface area contributed by atoms with Gasteiger partial charge in [-0.3, -0.25) is 4.79 Å². The molecule has 2 rings (SSSR count). The molecule has 0 bridgehead atoms. The van der Waals surface area contributed by atoms with E-state index in [2.05, 4.69) is 5.32 Å². The van der Waals surface area contributed by atoms with E-state index in [1.54, 1.807) is 6.08 Å². The molecular weight excluding hydrogens is 250 g/mol. The van der Waals surface area contributed by atoms with Crippen LogP contribution in [-0.2, 0) is 11.8 Å². The summed E-state index contributed by atoms with van der Waals surface area (Å²) in [6.07, 6.45) is 3.44. The number of aromatic nitrogens is 1. The van der Waals surface area contributed by atoms with Crippen molar-refractivity contribution >= 4 is 17.7 Å². The molecule has 4 heteroatoms. The molecule has 100 valence electrons. The van der Waals surface area contributed by atoms with Gasteiger partial charge in [0.15, 0.2) is 0 Å². The lowest BCUT2D eigenvalue weighted by atomic mass is 10.1. The van der Waals surface area contributed by atoms with Crippen molar-refractivity contribution in [2.75, 3.05) is 5.32 Å². The summed E-state index contributed by atoms with van der Waals surface area (Å²) in [6.45, 7) is 1.91. The predicted molar refractivity (Wildman–Crippen MR) is 78.8 cm³/mol. The fourth-order valence-corrected chi connectivity index (χ4v) is 1.82. The van der Waals surface area contributed by atoms with Gasteiger partial charge in [0, 0.05) is 24.6 Å². The maximum absolute atomic E-state index is 12.1. The van der Waals surface area contributed by atoms with Crippen molar-refractivity contribution < 1.29 is 4.79 Å². The third-order valence-corrected chi connectivity index (χ3v) is 3.03. The lowest BCUT2D eigenvalue weighted by Crippen LogP contribution is -2.14. The highest BCUT2D eigenvalue weighted by Crippen LogP contribution is 2.15. The van der Waals surface area contributed by atoms with E-state index in [-0.39, 0.29) is 5.57 Å². The van der Waals surface area contributed by atoms with Gasteiger partial charge in [0.05, 0.1) is 0 Å². The van der Waals surface area contributed by atoms with Crippen LogP contribution in [0.3, 0.4) is 0 Å². The molecule has 0 spiro atoms. The third kappa shape index (κ3) is 2.96. The minimum atomic E-state index is -0.400. The first-order chi connectivity index (χ1) is 9.61. The van der Waals surface area contributed by atoms with E-state index in [1.807, 2.05) is 67.2 Å². The minimum Gasteiger partial charge on any atom is -0.351 e. The van der Waals surface area contributed by atoms with E-state index >= 15 is 0 Å². The lowest BCUT2D eigenvalue weighted by molar-refractivity contribution is -0.112. The molecule has 1 aromatic heterocycles. The van der Waals surface area contributed by atoms with Gasteiger partial charge < -0.3 is 9.88 Å². The topological polar surface area (TPSA) is 57.8 Å². The molecule has 0 radical (unpaired) electrons. The zero-order chi connectivity index (χ0) is 14.5. The highest BCUT2D eigenvalue weighted by molar-refractivity contribution is 6.09. The predicted octanol–water partition coefficient (Wildman–Crippen LogP) is 2.88. The number of carbonyl (C=O) groups excluding carboxylic acids is 1. The van der Waals surface area contributed by atoms with Crippen LogP contribution in [0.1, 0.15) is 11.3 Å². The van der Waals surface area contributed by atoms with Crippen LogP contribution in [0.15, 0.2) is 48.2 Å². The Hall–Kier alpha value is -2.80. The van der Waals surface area contributed by atoms with Gasteiger partial charge in [-0.1, -0.05) is 18.2 Å². The second kappa shape index (κ2) is 5.89. The number of nitrogens with one attached hydrogen (secondary N) is 1. The molecule has 0 saturated carbocycles. The van der Waals surface area contributed by atoms with Crippen molar-refractivity contribution in [3.63, 3.8) is 0 Å². The van der Waals surface area contributed by atoms with Crippen molar-refractivity contribution in [2.24, 2.45) is 7.05 Å². The second-order valence-electron chi connectivity index (χ2n) is 4.48. The molecule has 1 aromatic carbocycles.